The molecule has 2 aromatic rings. The van der Waals surface area contributed by atoms with E-state index in [0.717, 1.165) is 11.3 Å². The van der Waals surface area contributed by atoms with Crippen molar-refractivity contribution in [3.8, 4) is 5.75 Å². The van der Waals surface area contributed by atoms with Crippen molar-refractivity contribution in [2.24, 2.45) is 0 Å². The lowest BCUT2D eigenvalue weighted by Crippen LogP contribution is -2.27. The van der Waals surface area contributed by atoms with Crippen LogP contribution in [0.25, 0.3) is 0 Å². The van der Waals surface area contributed by atoms with Gasteiger partial charge in [-0.1, -0.05) is 17.3 Å². The third kappa shape index (κ3) is 4.09. The molecule has 9 nitrogen and oxygen atoms in total. The molecule has 1 heterocycles. The van der Waals surface area contributed by atoms with Crippen LogP contribution in [-0.2, 0) is 22.4 Å². The number of carbonyl (C=O) groups is 1. The molecule has 1 aromatic carbocycles. The molecule has 2 rings (SSSR count). The van der Waals surface area contributed by atoms with Gasteiger partial charge in [-0.05, 0) is 17.7 Å². The standard InChI is InChI=1S/C14H18N4O5S/c1-17(9-24(20)21)13-12(14(19)23-3)15-16-18(13)8-10-4-6-11(22-2)7-5-10/h4-7H,8-9H2,1-3H3,(H,20,21). The Bertz CT molecular complexity index is 731. The van der Waals surface area contributed by atoms with Crippen molar-refractivity contribution >= 4 is 22.9 Å². The van der Waals surface area contributed by atoms with Crippen molar-refractivity contribution in [3.63, 3.8) is 0 Å². The van der Waals surface area contributed by atoms with Gasteiger partial charge in [-0.25, -0.2) is 13.7 Å². The Hall–Kier alpha value is -2.46. The van der Waals surface area contributed by atoms with Crippen LogP contribution < -0.4 is 9.64 Å². The maximum absolute atomic E-state index is 11.9. The van der Waals surface area contributed by atoms with Gasteiger partial charge in [0, 0.05) is 7.05 Å². The minimum atomic E-state index is -2.07. The van der Waals surface area contributed by atoms with E-state index in [1.54, 1.807) is 26.3 Å². The lowest BCUT2D eigenvalue weighted by atomic mass is 10.2. The molecule has 1 N–H and O–H groups in total. The number of nitrogens with zero attached hydrogens (tertiary/aromatic N) is 4. The first kappa shape index (κ1) is 17.9. The minimum Gasteiger partial charge on any atom is -0.497 e. The average Bonchev–Trinajstić information content (AvgIpc) is 2.98. The Labute approximate surface area is 141 Å². The zero-order chi connectivity index (χ0) is 17.7. The molecule has 0 amide bonds. The van der Waals surface area contributed by atoms with E-state index in [4.69, 9.17) is 9.29 Å². The van der Waals surface area contributed by atoms with Crippen LogP contribution in [0.5, 0.6) is 5.75 Å². The van der Waals surface area contributed by atoms with Crippen molar-refractivity contribution in [3.05, 3.63) is 35.5 Å². The van der Waals surface area contributed by atoms with Crippen LogP contribution in [0, 0.1) is 0 Å². The van der Waals surface area contributed by atoms with E-state index in [1.807, 2.05) is 12.1 Å². The van der Waals surface area contributed by atoms with E-state index >= 15 is 0 Å². The highest BCUT2D eigenvalue weighted by Crippen LogP contribution is 2.20. The Balaban J connectivity index is 2.35. The molecule has 1 aromatic heterocycles. The number of benzene rings is 1. The fourth-order valence-electron chi connectivity index (χ4n) is 2.15. The molecule has 0 spiro atoms. The Morgan fingerprint density at radius 3 is 2.54 bits per heavy atom. The van der Waals surface area contributed by atoms with E-state index in [1.165, 1.54) is 16.7 Å². The summed E-state index contributed by atoms with van der Waals surface area (Å²) in [5.74, 6) is 0.169. The lowest BCUT2D eigenvalue weighted by molar-refractivity contribution is 0.0594. The monoisotopic (exact) mass is 354 g/mol. The molecule has 0 aliphatic rings. The van der Waals surface area contributed by atoms with E-state index in [2.05, 4.69) is 15.0 Å². The fourth-order valence-corrected chi connectivity index (χ4v) is 2.61. The number of hydrogen-bond acceptors (Lipinski definition) is 7. The van der Waals surface area contributed by atoms with Gasteiger partial charge in [0.15, 0.2) is 16.9 Å². The van der Waals surface area contributed by atoms with Crippen molar-refractivity contribution in [1.29, 1.82) is 0 Å². The second-order valence-corrected chi connectivity index (χ2v) is 5.81. The molecule has 1 unspecified atom stereocenters. The quantitative estimate of drug-likeness (QED) is 0.573. The van der Waals surface area contributed by atoms with Gasteiger partial charge in [0.1, 0.15) is 11.6 Å². The Kier molecular flexibility index (Phi) is 5.88. The maximum atomic E-state index is 11.9. The van der Waals surface area contributed by atoms with Crippen molar-refractivity contribution in [2.45, 2.75) is 6.54 Å². The SMILES string of the molecule is COC(=O)c1nnn(Cc2ccc(OC)cc2)c1N(C)CS(=O)O. The van der Waals surface area contributed by atoms with Crippen LogP contribution in [0.15, 0.2) is 24.3 Å². The Morgan fingerprint density at radius 2 is 2.00 bits per heavy atom. The first-order valence-corrected chi connectivity index (χ1v) is 8.17. The maximum Gasteiger partial charge on any atom is 0.362 e. The second kappa shape index (κ2) is 7.88. The minimum absolute atomic E-state index is 0.0149. The molecule has 0 aliphatic carbocycles. The first-order chi connectivity index (χ1) is 11.5. The predicted molar refractivity (Wildman–Crippen MR) is 87.5 cm³/mol. The molecule has 0 radical (unpaired) electrons. The highest BCUT2D eigenvalue weighted by atomic mass is 32.2. The highest BCUT2D eigenvalue weighted by Gasteiger charge is 2.24. The number of esters is 1. The molecule has 0 bridgehead atoms. The topological polar surface area (TPSA) is 107 Å². The number of rotatable bonds is 7. The van der Waals surface area contributed by atoms with Crippen molar-refractivity contribution < 1.29 is 23.0 Å². The molecule has 1 atom stereocenters. The van der Waals surface area contributed by atoms with Gasteiger partial charge >= 0.3 is 5.97 Å². The number of carbonyl (C=O) groups excluding carboxylic acids is 1. The summed E-state index contributed by atoms with van der Waals surface area (Å²) >= 11 is -2.07. The van der Waals surface area contributed by atoms with Gasteiger partial charge in [0.2, 0.25) is 5.69 Å². The number of anilines is 1. The summed E-state index contributed by atoms with van der Waals surface area (Å²) in [5, 5.41) is 7.80. The molecule has 10 heteroatoms. The molecule has 24 heavy (non-hydrogen) atoms. The number of hydrogen-bond donors (Lipinski definition) is 1. The normalized spacial score (nSPS) is 11.8. The first-order valence-electron chi connectivity index (χ1n) is 6.89. The molecule has 0 saturated carbocycles. The summed E-state index contributed by atoms with van der Waals surface area (Å²) in [5.41, 5.74) is 0.885. The van der Waals surface area contributed by atoms with Crippen LogP contribution in [0.2, 0.25) is 0 Å². The van der Waals surface area contributed by atoms with Gasteiger partial charge < -0.3 is 18.9 Å². The summed E-state index contributed by atoms with van der Waals surface area (Å²) < 4.78 is 31.5. The smallest absolute Gasteiger partial charge is 0.362 e. The van der Waals surface area contributed by atoms with E-state index in [0.29, 0.717) is 12.4 Å². The average molecular weight is 354 g/mol. The molecule has 130 valence electrons. The lowest BCUT2D eigenvalue weighted by Gasteiger charge is -2.18. The van der Waals surface area contributed by atoms with Crippen LogP contribution in [0.4, 0.5) is 5.82 Å². The van der Waals surface area contributed by atoms with Gasteiger partial charge in [-0.3, -0.25) is 0 Å². The van der Waals surface area contributed by atoms with Crippen LogP contribution in [0.3, 0.4) is 0 Å². The third-order valence-electron chi connectivity index (χ3n) is 3.24. The fraction of sp³-hybridized carbons (Fsp3) is 0.357. The predicted octanol–water partition coefficient (Wildman–Crippen LogP) is 0.737. The highest BCUT2D eigenvalue weighted by molar-refractivity contribution is 7.79. The zero-order valence-corrected chi connectivity index (χ0v) is 14.3. The zero-order valence-electron chi connectivity index (χ0n) is 13.5. The largest absolute Gasteiger partial charge is 0.497 e. The summed E-state index contributed by atoms with van der Waals surface area (Å²) in [4.78, 5) is 13.3. The van der Waals surface area contributed by atoms with Crippen molar-refractivity contribution in [1.82, 2.24) is 15.0 Å². The summed E-state index contributed by atoms with van der Waals surface area (Å²) in [7, 11) is 4.39. The summed E-state index contributed by atoms with van der Waals surface area (Å²) in [6.45, 7) is 0.325. The second-order valence-electron chi connectivity index (χ2n) is 4.91. The number of methoxy groups -OCH3 is 2. The molecule has 0 fully saturated rings. The van der Waals surface area contributed by atoms with Crippen LogP contribution in [0.1, 0.15) is 16.1 Å². The molecular formula is C14H18N4O5S. The van der Waals surface area contributed by atoms with E-state index in [9.17, 15) is 9.00 Å². The van der Waals surface area contributed by atoms with Crippen molar-refractivity contribution in [2.75, 3.05) is 32.0 Å². The molecule has 0 saturated heterocycles. The summed E-state index contributed by atoms with van der Waals surface area (Å²) in [6.07, 6.45) is 0. The third-order valence-corrected chi connectivity index (χ3v) is 3.85. The number of aromatic nitrogens is 3. The van der Waals surface area contributed by atoms with Gasteiger partial charge in [-0.2, -0.15) is 0 Å². The summed E-state index contributed by atoms with van der Waals surface area (Å²) in [6, 6.07) is 7.32. The van der Waals surface area contributed by atoms with Crippen LogP contribution in [-0.4, -0.2) is 56.9 Å². The van der Waals surface area contributed by atoms with Gasteiger partial charge in [0.25, 0.3) is 0 Å². The van der Waals surface area contributed by atoms with E-state index < -0.39 is 17.0 Å². The number of ether oxygens (including phenoxy) is 2. The molecule has 0 aliphatic heterocycles. The molecular weight excluding hydrogens is 336 g/mol. The van der Waals surface area contributed by atoms with Crippen LogP contribution >= 0.6 is 0 Å². The van der Waals surface area contributed by atoms with Gasteiger partial charge in [-0.15, -0.1) is 5.10 Å². The Morgan fingerprint density at radius 1 is 1.33 bits per heavy atom. The van der Waals surface area contributed by atoms with E-state index in [-0.39, 0.29) is 11.6 Å². The van der Waals surface area contributed by atoms with Gasteiger partial charge in [0.05, 0.1) is 20.8 Å².